The number of piperazine rings is 1. The maximum absolute atomic E-state index is 18.4. The SMILES string of the molecule is COCOc1cc(-c2c(Cl)c3c4c(nc(OC[C@@]56CCCN5C[C@H](F)C6)nc4c2F)N2CC4CC[C@@H]([C@H]2CO3)N4C(=O)OC(C)(C)C)c2c(C#C[Si](C(C)C)(C(C)C)C(C)C)c(F)ccc2c1. The Morgan fingerprint density at radius 3 is 2.46 bits per heavy atom. The van der Waals surface area contributed by atoms with Crippen LogP contribution in [0, 0.1) is 23.1 Å². The molecule has 0 N–H and O–H groups in total. The smallest absolute Gasteiger partial charge is 0.410 e. The van der Waals surface area contributed by atoms with Crippen LogP contribution in [0.2, 0.25) is 21.6 Å². The summed E-state index contributed by atoms with van der Waals surface area (Å²) in [4.78, 5) is 29.7. The molecule has 0 saturated carbocycles. The first-order valence-electron chi connectivity index (χ1n) is 23.9. The first-order valence-corrected chi connectivity index (χ1v) is 26.5. The molecule has 0 aliphatic carbocycles. The number of halogens is 4. The standard InChI is InChI=1S/C51H63ClF3N5O6Si/c1-28(2)67(29(3)4,30(5)6)19-16-35-37(54)14-12-31-20-34(65-27-62-10)21-36(40(31)35)41-43(52)46-42-45(44(41)55)56-48(64-26-51-17-11-18-58(51)23-32(53)22-51)57-47(42)59-24-33-13-15-38(39(59)25-63-46)60(33)49(61)66-50(7,8)9/h12,14,20-21,28-30,32-33,38-39H,11,13,15,17-18,22-27H2,1-10H3/t32-,33?,38+,39-,51+/m1/s1. The van der Waals surface area contributed by atoms with Gasteiger partial charge in [0.05, 0.1) is 39.6 Å². The quantitative estimate of drug-likeness (QED) is 0.0868. The molecule has 16 heteroatoms. The van der Waals surface area contributed by atoms with Crippen molar-refractivity contribution in [2.45, 2.75) is 146 Å². The van der Waals surface area contributed by atoms with Crippen LogP contribution in [-0.4, -0.2) is 116 Å². The van der Waals surface area contributed by atoms with Gasteiger partial charge in [-0.25, -0.2) is 18.0 Å². The van der Waals surface area contributed by atoms with E-state index in [9.17, 15) is 9.18 Å². The summed E-state index contributed by atoms with van der Waals surface area (Å²) in [5, 5.41) is 1.09. The van der Waals surface area contributed by atoms with Crippen LogP contribution in [0.15, 0.2) is 24.3 Å². The molecule has 1 unspecified atom stereocenters. The fraction of sp³-hybridized carbons (Fsp3) is 0.588. The fourth-order valence-corrected chi connectivity index (χ4v) is 17.9. The fourth-order valence-electron chi connectivity index (χ4n) is 12.3. The number of ether oxygens (including phenoxy) is 5. The van der Waals surface area contributed by atoms with Crippen molar-refractivity contribution in [3.63, 3.8) is 0 Å². The van der Waals surface area contributed by atoms with E-state index in [2.05, 4.69) is 62.8 Å². The highest BCUT2D eigenvalue weighted by Gasteiger charge is 2.53. The lowest BCUT2D eigenvalue weighted by Crippen LogP contribution is -2.63. The minimum absolute atomic E-state index is 0.0640. The lowest BCUT2D eigenvalue weighted by Gasteiger charge is -2.46. The number of hydrogen-bond donors (Lipinski definition) is 0. The number of carbonyl (C=O) groups is 1. The summed E-state index contributed by atoms with van der Waals surface area (Å²) in [6, 6.07) is 5.32. The number of alkyl halides is 1. The average molecular weight is 963 g/mol. The van der Waals surface area contributed by atoms with E-state index in [1.165, 1.54) is 13.2 Å². The monoisotopic (exact) mass is 961 g/mol. The van der Waals surface area contributed by atoms with Gasteiger partial charge in [0.15, 0.2) is 18.4 Å². The first-order chi connectivity index (χ1) is 31.8. The molecule has 6 heterocycles. The van der Waals surface area contributed by atoms with E-state index in [4.69, 9.17) is 45.3 Å². The Hall–Kier alpha value is -4.49. The van der Waals surface area contributed by atoms with Crippen LogP contribution in [0.5, 0.6) is 17.5 Å². The van der Waals surface area contributed by atoms with E-state index in [0.29, 0.717) is 48.3 Å². The number of amides is 1. The van der Waals surface area contributed by atoms with Gasteiger partial charge in [0, 0.05) is 37.6 Å². The zero-order valence-electron chi connectivity index (χ0n) is 40.3. The van der Waals surface area contributed by atoms with Gasteiger partial charge in [0.1, 0.15) is 56.0 Å². The van der Waals surface area contributed by atoms with Gasteiger partial charge in [-0.3, -0.25) is 9.80 Å². The Balaban J connectivity index is 1.27. The Labute approximate surface area is 397 Å². The van der Waals surface area contributed by atoms with E-state index in [1.807, 2.05) is 25.7 Å². The molecule has 5 atom stereocenters. The number of rotatable bonds is 10. The number of fused-ring (bicyclic) bond motifs is 7. The van der Waals surface area contributed by atoms with Crippen LogP contribution in [0.1, 0.15) is 100.0 Å². The molecule has 9 rings (SSSR count). The molecule has 4 aromatic rings. The molecule has 5 aliphatic rings. The van der Waals surface area contributed by atoms with Crippen molar-refractivity contribution in [1.29, 1.82) is 0 Å². The van der Waals surface area contributed by atoms with Crippen molar-refractivity contribution < 1.29 is 41.7 Å². The molecule has 3 aromatic carbocycles. The Morgan fingerprint density at radius 2 is 1.76 bits per heavy atom. The highest BCUT2D eigenvalue weighted by molar-refractivity contribution is 6.90. The van der Waals surface area contributed by atoms with Crippen molar-refractivity contribution in [3.05, 3.63) is 46.5 Å². The molecule has 2 bridgehead atoms. The number of nitrogens with zero attached hydrogens (tertiary/aromatic N) is 5. The van der Waals surface area contributed by atoms with E-state index in [0.717, 1.165) is 25.8 Å². The van der Waals surface area contributed by atoms with E-state index in [1.54, 1.807) is 18.2 Å². The Morgan fingerprint density at radius 1 is 1.01 bits per heavy atom. The molecule has 0 radical (unpaired) electrons. The second-order valence-electron chi connectivity index (χ2n) is 21.2. The van der Waals surface area contributed by atoms with Crippen LogP contribution in [0.3, 0.4) is 0 Å². The van der Waals surface area contributed by atoms with Crippen molar-refractivity contribution in [3.8, 4) is 40.1 Å². The maximum atomic E-state index is 18.4. The summed E-state index contributed by atoms with van der Waals surface area (Å²) in [7, 11) is -0.886. The van der Waals surface area contributed by atoms with Gasteiger partial charge in [-0.05, 0) is 98.8 Å². The Bertz CT molecular complexity index is 2650. The van der Waals surface area contributed by atoms with Gasteiger partial charge in [-0.2, -0.15) is 9.97 Å². The van der Waals surface area contributed by atoms with Crippen molar-refractivity contribution in [2.75, 3.05) is 51.7 Å². The number of methoxy groups -OCH3 is 1. The van der Waals surface area contributed by atoms with Gasteiger partial charge < -0.3 is 28.6 Å². The summed E-state index contributed by atoms with van der Waals surface area (Å²) in [5.41, 5.74) is 3.40. The number of hydrogen-bond acceptors (Lipinski definition) is 10. The molecule has 360 valence electrons. The van der Waals surface area contributed by atoms with Crippen molar-refractivity contribution >= 4 is 53.3 Å². The normalized spacial score (nSPS) is 23.7. The summed E-state index contributed by atoms with van der Waals surface area (Å²) in [6.45, 7) is 20.2. The predicted molar refractivity (Wildman–Crippen MR) is 258 cm³/mol. The van der Waals surface area contributed by atoms with Crippen LogP contribution in [0.4, 0.5) is 23.8 Å². The third-order valence-corrected chi connectivity index (χ3v) is 21.8. The number of carbonyl (C=O) groups excluding carboxylic acids is 1. The largest absolute Gasteiger partial charge is 0.489 e. The van der Waals surface area contributed by atoms with Crippen LogP contribution in [0.25, 0.3) is 32.8 Å². The molecule has 67 heavy (non-hydrogen) atoms. The molecule has 1 aromatic heterocycles. The minimum Gasteiger partial charge on any atom is -0.489 e. The third-order valence-electron chi connectivity index (χ3n) is 15.2. The predicted octanol–water partition coefficient (Wildman–Crippen LogP) is 11.2. The Kier molecular flexibility index (Phi) is 12.6. The molecule has 4 fully saturated rings. The summed E-state index contributed by atoms with van der Waals surface area (Å²) < 4.78 is 80.4. The van der Waals surface area contributed by atoms with Gasteiger partial charge in [-0.15, -0.1) is 5.54 Å². The van der Waals surface area contributed by atoms with Gasteiger partial charge >= 0.3 is 12.1 Å². The second kappa shape index (κ2) is 17.8. The molecule has 0 spiro atoms. The second-order valence-corrected chi connectivity index (χ2v) is 27.1. The lowest BCUT2D eigenvalue weighted by atomic mass is 9.92. The third kappa shape index (κ3) is 8.15. The molecular weight excluding hydrogens is 899 g/mol. The number of anilines is 1. The maximum Gasteiger partial charge on any atom is 0.410 e. The zero-order chi connectivity index (χ0) is 47.9. The summed E-state index contributed by atoms with van der Waals surface area (Å²) >= 11 is 7.53. The van der Waals surface area contributed by atoms with Gasteiger partial charge in [0.2, 0.25) is 0 Å². The van der Waals surface area contributed by atoms with Gasteiger partial charge in [0.25, 0.3) is 0 Å². The average Bonchev–Trinajstić information content (AvgIpc) is 3.86. The molecule has 5 aliphatic heterocycles. The first kappa shape index (κ1) is 47.6. The van der Waals surface area contributed by atoms with Crippen molar-refractivity contribution in [2.24, 2.45) is 0 Å². The topological polar surface area (TPSA) is 98.7 Å². The van der Waals surface area contributed by atoms with Crippen LogP contribution >= 0.6 is 11.6 Å². The molecule has 11 nitrogen and oxygen atoms in total. The summed E-state index contributed by atoms with van der Waals surface area (Å²) in [6.07, 6.45) is 2.01. The lowest BCUT2D eigenvalue weighted by molar-refractivity contribution is 0.00544. The van der Waals surface area contributed by atoms with E-state index in [-0.39, 0.29) is 93.1 Å². The van der Waals surface area contributed by atoms with Crippen LogP contribution in [-0.2, 0) is 9.47 Å². The zero-order valence-corrected chi connectivity index (χ0v) is 42.1. The minimum atomic E-state index is -2.39. The highest BCUT2D eigenvalue weighted by atomic mass is 35.5. The molecule has 4 saturated heterocycles. The number of benzene rings is 3. The highest BCUT2D eigenvalue weighted by Crippen LogP contribution is 2.52. The van der Waals surface area contributed by atoms with E-state index < -0.39 is 49.2 Å². The van der Waals surface area contributed by atoms with Crippen molar-refractivity contribution in [1.82, 2.24) is 19.8 Å². The molecule has 1 amide bonds. The summed E-state index contributed by atoms with van der Waals surface area (Å²) in [5.74, 6) is 2.83. The number of aromatic nitrogens is 2. The van der Waals surface area contributed by atoms with Gasteiger partial charge in [-0.1, -0.05) is 65.1 Å². The molecular formula is C51H63ClF3N5O6Si. The van der Waals surface area contributed by atoms with Crippen LogP contribution < -0.4 is 19.1 Å². The van der Waals surface area contributed by atoms with E-state index >= 15 is 8.78 Å².